The third-order valence-corrected chi connectivity index (χ3v) is 2.70. The molecule has 18 heavy (non-hydrogen) atoms. The van der Waals surface area contributed by atoms with Gasteiger partial charge in [0.15, 0.2) is 0 Å². The molecule has 0 spiro atoms. The van der Waals surface area contributed by atoms with Gasteiger partial charge in [0.2, 0.25) is 0 Å². The fourth-order valence-corrected chi connectivity index (χ4v) is 1.76. The number of phenols is 1. The van der Waals surface area contributed by atoms with Crippen LogP contribution in [0.2, 0.25) is 0 Å². The monoisotopic (exact) mass is 243 g/mol. The molecule has 2 N–H and O–H groups in total. The van der Waals surface area contributed by atoms with Crippen molar-refractivity contribution in [2.24, 2.45) is 0 Å². The average Bonchev–Trinajstić information content (AvgIpc) is 2.38. The molecule has 1 aromatic heterocycles. The first-order valence-corrected chi connectivity index (χ1v) is 6.09. The quantitative estimate of drug-likeness (QED) is 0.866. The fraction of sp³-hybridized carbons (Fsp3) is 0.286. The molecular formula is C14H17N3O. The minimum Gasteiger partial charge on any atom is -0.507 e. The number of hydrogen-bond acceptors (Lipinski definition) is 4. The first-order valence-electron chi connectivity index (χ1n) is 6.09. The van der Waals surface area contributed by atoms with E-state index < -0.39 is 0 Å². The van der Waals surface area contributed by atoms with Crippen LogP contribution in [0.5, 0.6) is 5.75 Å². The van der Waals surface area contributed by atoms with Crippen molar-refractivity contribution in [3.63, 3.8) is 0 Å². The second-order valence-electron chi connectivity index (χ2n) is 4.21. The molecule has 0 amide bonds. The molecule has 0 saturated carbocycles. The highest BCUT2D eigenvalue weighted by Crippen LogP contribution is 2.29. The van der Waals surface area contributed by atoms with Gasteiger partial charge in [-0.1, -0.05) is 19.1 Å². The van der Waals surface area contributed by atoms with Gasteiger partial charge in [0.05, 0.1) is 5.69 Å². The van der Waals surface area contributed by atoms with Crippen LogP contribution in [0.15, 0.2) is 30.3 Å². The predicted octanol–water partition coefficient (Wildman–Crippen LogP) is 2.98. The zero-order valence-electron chi connectivity index (χ0n) is 10.6. The molecule has 1 heterocycles. The van der Waals surface area contributed by atoms with Crippen LogP contribution in [-0.2, 0) is 0 Å². The van der Waals surface area contributed by atoms with E-state index in [0.29, 0.717) is 5.56 Å². The van der Waals surface area contributed by atoms with Crippen LogP contribution in [0.1, 0.15) is 18.9 Å². The van der Waals surface area contributed by atoms with Crippen molar-refractivity contribution < 1.29 is 5.11 Å². The average molecular weight is 243 g/mol. The molecule has 2 rings (SSSR count). The molecule has 0 atom stereocenters. The summed E-state index contributed by atoms with van der Waals surface area (Å²) in [4.78, 5) is 0. The number of rotatable bonds is 4. The van der Waals surface area contributed by atoms with Crippen LogP contribution in [-0.4, -0.2) is 21.8 Å². The third kappa shape index (κ3) is 2.59. The Morgan fingerprint density at radius 1 is 1.22 bits per heavy atom. The molecule has 0 unspecified atom stereocenters. The highest BCUT2D eigenvalue weighted by molar-refractivity contribution is 5.69. The van der Waals surface area contributed by atoms with Crippen molar-refractivity contribution in [2.75, 3.05) is 11.9 Å². The second kappa shape index (κ2) is 5.49. The van der Waals surface area contributed by atoms with Gasteiger partial charge in [-0.25, -0.2) is 0 Å². The summed E-state index contributed by atoms with van der Waals surface area (Å²) in [6.45, 7) is 4.95. The van der Waals surface area contributed by atoms with E-state index in [4.69, 9.17) is 0 Å². The Bertz CT molecular complexity index is 540. The summed E-state index contributed by atoms with van der Waals surface area (Å²) in [5, 5.41) is 21.3. The number of nitrogens with one attached hydrogen (secondary N) is 1. The Hall–Kier alpha value is -2.10. The van der Waals surface area contributed by atoms with E-state index in [2.05, 4.69) is 22.4 Å². The van der Waals surface area contributed by atoms with E-state index >= 15 is 0 Å². The van der Waals surface area contributed by atoms with Crippen LogP contribution >= 0.6 is 0 Å². The van der Waals surface area contributed by atoms with Gasteiger partial charge in [0.25, 0.3) is 0 Å². The number of nitrogens with zero attached hydrogens (tertiary/aromatic N) is 2. The highest BCUT2D eigenvalue weighted by atomic mass is 16.3. The number of aryl methyl sites for hydroxylation is 1. The minimum absolute atomic E-state index is 0.226. The van der Waals surface area contributed by atoms with Gasteiger partial charge in [-0.2, -0.15) is 0 Å². The van der Waals surface area contributed by atoms with Crippen molar-refractivity contribution in [1.82, 2.24) is 10.2 Å². The second-order valence-corrected chi connectivity index (χ2v) is 4.21. The highest BCUT2D eigenvalue weighted by Gasteiger charge is 2.09. The van der Waals surface area contributed by atoms with Crippen molar-refractivity contribution in [2.45, 2.75) is 20.3 Å². The number of aromatic nitrogens is 2. The number of para-hydroxylation sites is 1. The van der Waals surface area contributed by atoms with Crippen LogP contribution in [0, 0.1) is 6.92 Å². The van der Waals surface area contributed by atoms with E-state index in [1.165, 1.54) is 0 Å². The molecular weight excluding hydrogens is 226 g/mol. The van der Waals surface area contributed by atoms with Crippen molar-refractivity contribution in [1.29, 1.82) is 0 Å². The zero-order chi connectivity index (χ0) is 13.0. The maximum absolute atomic E-state index is 9.82. The standard InChI is InChI=1S/C14H17N3O/c1-3-8-15-13-9-10(2)14(17-16-13)11-6-4-5-7-12(11)18/h4-7,9,18H,3,8H2,1-2H3,(H,15,16). The topological polar surface area (TPSA) is 58.0 Å². The van der Waals surface area contributed by atoms with E-state index in [1.54, 1.807) is 12.1 Å². The molecule has 0 bridgehead atoms. The van der Waals surface area contributed by atoms with Gasteiger partial charge in [0.1, 0.15) is 11.6 Å². The van der Waals surface area contributed by atoms with Gasteiger partial charge in [0, 0.05) is 12.1 Å². The Labute approximate surface area is 107 Å². The molecule has 4 nitrogen and oxygen atoms in total. The lowest BCUT2D eigenvalue weighted by molar-refractivity contribution is 0.477. The maximum atomic E-state index is 9.82. The number of phenolic OH excluding ortho intramolecular Hbond substituents is 1. The molecule has 2 aromatic rings. The van der Waals surface area contributed by atoms with Gasteiger partial charge >= 0.3 is 0 Å². The van der Waals surface area contributed by atoms with Crippen LogP contribution in [0.25, 0.3) is 11.3 Å². The van der Waals surface area contributed by atoms with Crippen molar-refractivity contribution in [3.8, 4) is 17.0 Å². The van der Waals surface area contributed by atoms with Crippen molar-refractivity contribution in [3.05, 3.63) is 35.9 Å². The lowest BCUT2D eigenvalue weighted by atomic mass is 10.1. The lowest BCUT2D eigenvalue weighted by Crippen LogP contribution is -2.04. The molecule has 0 aliphatic rings. The van der Waals surface area contributed by atoms with E-state index in [0.717, 1.165) is 30.0 Å². The number of hydrogen-bond donors (Lipinski definition) is 2. The Kier molecular flexibility index (Phi) is 3.77. The third-order valence-electron chi connectivity index (χ3n) is 2.70. The zero-order valence-corrected chi connectivity index (χ0v) is 10.6. The van der Waals surface area contributed by atoms with Gasteiger partial charge in [-0.15, -0.1) is 10.2 Å². The van der Waals surface area contributed by atoms with Gasteiger partial charge < -0.3 is 10.4 Å². The Morgan fingerprint density at radius 2 is 2.00 bits per heavy atom. The summed E-state index contributed by atoms with van der Waals surface area (Å²) in [6, 6.07) is 9.10. The molecule has 1 aromatic carbocycles. The van der Waals surface area contributed by atoms with Crippen molar-refractivity contribution >= 4 is 5.82 Å². The van der Waals surface area contributed by atoms with Gasteiger partial charge in [-0.05, 0) is 37.1 Å². The Morgan fingerprint density at radius 3 is 2.67 bits per heavy atom. The number of aromatic hydroxyl groups is 1. The van der Waals surface area contributed by atoms with Crippen LogP contribution in [0.3, 0.4) is 0 Å². The first kappa shape index (κ1) is 12.4. The molecule has 0 fully saturated rings. The minimum atomic E-state index is 0.226. The number of benzene rings is 1. The molecule has 0 radical (unpaired) electrons. The molecule has 94 valence electrons. The Balaban J connectivity index is 2.33. The summed E-state index contributed by atoms with van der Waals surface area (Å²) in [5.74, 6) is 0.998. The summed E-state index contributed by atoms with van der Waals surface area (Å²) >= 11 is 0. The smallest absolute Gasteiger partial charge is 0.148 e. The molecule has 0 saturated heterocycles. The maximum Gasteiger partial charge on any atom is 0.148 e. The largest absolute Gasteiger partial charge is 0.507 e. The van der Waals surface area contributed by atoms with E-state index in [1.807, 2.05) is 25.1 Å². The summed E-state index contributed by atoms with van der Waals surface area (Å²) in [6.07, 6.45) is 1.04. The lowest BCUT2D eigenvalue weighted by Gasteiger charge is -2.08. The van der Waals surface area contributed by atoms with Crippen LogP contribution in [0.4, 0.5) is 5.82 Å². The summed E-state index contributed by atoms with van der Waals surface area (Å²) in [7, 11) is 0. The van der Waals surface area contributed by atoms with E-state index in [9.17, 15) is 5.11 Å². The summed E-state index contributed by atoms with van der Waals surface area (Å²) in [5.41, 5.74) is 2.42. The molecule has 0 aliphatic carbocycles. The van der Waals surface area contributed by atoms with Crippen LogP contribution < -0.4 is 5.32 Å². The van der Waals surface area contributed by atoms with E-state index in [-0.39, 0.29) is 5.75 Å². The SMILES string of the molecule is CCCNc1cc(C)c(-c2ccccc2O)nn1. The number of anilines is 1. The molecule has 0 aliphatic heterocycles. The van der Waals surface area contributed by atoms with Gasteiger partial charge in [-0.3, -0.25) is 0 Å². The normalized spacial score (nSPS) is 10.3. The fourth-order valence-electron chi connectivity index (χ4n) is 1.76. The predicted molar refractivity (Wildman–Crippen MR) is 72.7 cm³/mol. The molecule has 4 heteroatoms. The summed E-state index contributed by atoms with van der Waals surface area (Å²) < 4.78 is 0. The first-order chi connectivity index (χ1) is 8.72.